The van der Waals surface area contributed by atoms with E-state index in [-0.39, 0.29) is 18.0 Å². The van der Waals surface area contributed by atoms with Gasteiger partial charge in [0.15, 0.2) is 0 Å². The van der Waals surface area contributed by atoms with Gasteiger partial charge in [-0.1, -0.05) is 42.1 Å². The molecule has 0 spiro atoms. The number of nitro benzene ring substituents is 2. The quantitative estimate of drug-likeness (QED) is 0.398. The predicted molar refractivity (Wildman–Crippen MR) is 98.6 cm³/mol. The number of non-ortho nitro benzene ring substituents is 2. The SMILES string of the molecule is Cl.O=C(SCCCc1ccccc1)c1cc([N+](=O)[O-])cc([N+](=O)[O-])c1. The summed E-state index contributed by atoms with van der Waals surface area (Å²) >= 11 is 1.01. The highest BCUT2D eigenvalue weighted by Crippen LogP contribution is 2.25. The molecule has 0 atom stereocenters. The lowest BCUT2D eigenvalue weighted by Gasteiger charge is -2.03. The summed E-state index contributed by atoms with van der Waals surface area (Å²) in [6.07, 6.45) is 1.58. The first kappa shape index (κ1) is 20.6. The molecule has 0 amide bonds. The van der Waals surface area contributed by atoms with Crippen LogP contribution in [-0.4, -0.2) is 20.7 Å². The summed E-state index contributed by atoms with van der Waals surface area (Å²) in [7, 11) is 0. The molecule has 0 aliphatic carbocycles. The fourth-order valence-corrected chi connectivity index (χ4v) is 2.85. The number of aryl methyl sites for hydroxylation is 1. The van der Waals surface area contributed by atoms with Crippen LogP contribution in [0.2, 0.25) is 0 Å². The molecule has 0 aliphatic rings. The van der Waals surface area contributed by atoms with Crippen molar-refractivity contribution in [3.63, 3.8) is 0 Å². The van der Waals surface area contributed by atoms with Gasteiger partial charge in [0.2, 0.25) is 5.12 Å². The van der Waals surface area contributed by atoms with Crippen LogP contribution < -0.4 is 0 Å². The van der Waals surface area contributed by atoms with Crippen LogP contribution in [0.5, 0.6) is 0 Å². The van der Waals surface area contributed by atoms with Crippen LogP contribution in [0.15, 0.2) is 48.5 Å². The first-order valence-corrected chi connectivity index (χ1v) is 8.11. The number of nitro groups is 2. The maximum Gasteiger partial charge on any atom is 0.277 e. The molecule has 0 bridgehead atoms. The van der Waals surface area contributed by atoms with Gasteiger partial charge in [-0.3, -0.25) is 25.0 Å². The molecule has 2 aromatic carbocycles. The monoisotopic (exact) mass is 382 g/mol. The lowest BCUT2D eigenvalue weighted by atomic mass is 10.1. The van der Waals surface area contributed by atoms with E-state index in [4.69, 9.17) is 0 Å². The molecule has 2 rings (SSSR count). The van der Waals surface area contributed by atoms with Gasteiger partial charge >= 0.3 is 0 Å². The van der Waals surface area contributed by atoms with Crippen molar-refractivity contribution in [3.05, 3.63) is 79.9 Å². The maximum absolute atomic E-state index is 12.1. The molecule has 0 fully saturated rings. The first-order valence-electron chi connectivity index (χ1n) is 7.12. The van der Waals surface area contributed by atoms with Crippen molar-refractivity contribution >= 4 is 40.7 Å². The minimum Gasteiger partial charge on any atom is -0.282 e. The molecule has 0 saturated heterocycles. The normalized spacial score (nSPS) is 9.92. The van der Waals surface area contributed by atoms with Crippen LogP contribution in [-0.2, 0) is 6.42 Å². The summed E-state index contributed by atoms with van der Waals surface area (Å²) in [6.45, 7) is 0. The van der Waals surface area contributed by atoms with Gasteiger partial charge in [-0.15, -0.1) is 12.4 Å². The Bertz CT molecular complexity index is 738. The second-order valence-electron chi connectivity index (χ2n) is 4.98. The summed E-state index contributed by atoms with van der Waals surface area (Å²) < 4.78 is 0. The van der Waals surface area contributed by atoms with Crippen molar-refractivity contribution in [1.82, 2.24) is 0 Å². The van der Waals surface area contributed by atoms with E-state index in [1.54, 1.807) is 0 Å². The van der Waals surface area contributed by atoms with E-state index in [2.05, 4.69) is 0 Å². The summed E-state index contributed by atoms with van der Waals surface area (Å²) in [5, 5.41) is 21.3. The number of benzene rings is 2. The lowest BCUT2D eigenvalue weighted by molar-refractivity contribution is -0.394. The number of carbonyl (C=O) groups is 1. The molecular formula is C16H15ClN2O5S. The number of carbonyl (C=O) groups excluding carboxylic acids is 1. The van der Waals surface area contributed by atoms with Gasteiger partial charge in [0.05, 0.1) is 15.9 Å². The Labute approximate surface area is 154 Å². The van der Waals surface area contributed by atoms with Gasteiger partial charge in [0.1, 0.15) is 0 Å². The number of nitrogens with zero attached hydrogens (tertiary/aromatic N) is 2. The molecule has 25 heavy (non-hydrogen) atoms. The second kappa shape index (κ2) is 9.75. The zero-order valence-electron chi connectivity index (χ0n) is 13.0. The Morgan fingerprint density at radius 3 is 2.04 bits per heavy atom. The Hall–Kier alpha value is -2.45. The average molecular weight is 383 g/mol. The minimum absolute atomic E-state index is 0. The van der Waals surface area contributed by atoms with Crippen molar-refractivity contribution in [2.24, 2.45) is 0 Å². The van der Waals surface area contributed by atoms with E-state index >= 15 is 0 Å². The Morgan fingerprint density at radius 1 is 0.960 bits per heavy atom. The highest BCUT2D eigenvalue weighted by Gasteiger charge is 2.19. The summed E-state index contributed by atoms with van der Waals surface area (Å²) in [6, 6.07) is 12.8. The predicted octanol–water partition coefficient (Wildman–Crippen LogP) is 4.43. The summed E-state index contributed by atoms with van der Waals surface area (Å²) in [4.78, 5) is 32.3. The van der Waals surface area contributed by atoms with E-state index in [0.717, 1.165) is 48.4 Å². The highest BCUT2D eigenvalue weighted by molar-refractivity contribution is 8.14. The van der Waals surface area contributed by atoms with Crippen LogP contribution in [0.4, 0.5) is 11.4 Å². The van der Waals surface area contributed by atoms with Gasteiger partial charge in [-0.2, -0.15) is 0 Å². The van der Waals surface area contributed by atoms with Crippen LogP contribution in [0.1, 0.15) is 22.3 Å². The largest absolute Gasteiger partial charge is 0.282 e. The Morgan fingerprint density at radius 2 is 1.52 bits per heavy atom. The highest BCUT2D eigenvalue weighted by atomic mass is 35.5. The topological polar surface area (TPSA) is 103 Å². The number of hydrogen-bond donors (Lipinski definition) is 0. The van der Waals surface area contributed by atoms with E-state index < -0.39 is 26.3 Å². The molecular weight excluding hydrogens is 368 g/mol. The fraction of sp³-hybridized carbons (Fsp3) is 0.188. The number of thioether (sulfide) groups is 1. The van der Waals surface area contributed by atoms with Crippen molar-refractivity contribution < 1.29 is 14.6 Å². The molecule has 132 valence electrons. The van der Waals surface area contributed by atoms with Crippen molar-refractivity contribution in [3.8, 4) is 0 Å². The van der Waals surface area contributed by atoms with E-state index in [9.17, 15) is 25.0 Å². The van der Waals surface area contributed by atoms with Gasteiger partial charge < -0.3 is 0 Å². The zero-order chi connectivity index (χ0) is 17.5. The number of hydrogen-bond acceptors (Lipinski definition) is 6. The van der Waals surface area contributed by atoms with Crippen molar-refractivity contribution in [2.75, 3.05) is 5.75 Å². The first-order chi connectivity index (χ1) is 11.5. The third-order valence-electron chi connectivity index (χ3n) is 3.25. The second-order valence-corrected chi connectivity index (χ2v) is 6.05. The number of halogens is 1. The lowest BCUT2D eigenvalue weighted by Crippen LogP contribution is -2.00. The standard InChI is InChI=1S/C16H14N2O5S.ClH/c19-16(24-8-4-7-12-5-2-1-3-6-12)13-9-14(17(20)21)11-15(10-13)18(22)23;/h1-3,5-6,9-11H,4,7-8H2;1H. The fourth-order valence-electron chi connectivity index (χ4n) is 2.09. The smallest absolute Gasteiger partial charge is 0.277 e. The van der Waals surface area contributed by atoms with Gasteiger partial charge in [0, 0.05) is 23.4 Å². The van der Waals surface area contributed by atoms with Crippen LogP contribution in [0.25, 0.3) is 0 Å². The molecule has 2 aromatic rings. The molecule has 0 aliphatic heterocycles. The molecule has 0 heterocycles. The van der Waals surface area contributed by atoms with Crippen LogP contribution >= 0.6 is 24.2 Å². The van der Waals surface area contributed by atoms with Crippen LogP contribution in [0, 0.1) is 20.2 Å². The third-order valence-corrected chi connectivity index (χ3v) is 4.24. The van der Waals surface area contributed by atoms with E-state index in [1.165, 1.54) is 0 Å². The van der Waals surface area contributed by atoms with Crippen molar-refractivity contribution in [2.45, 2.75) is 12.8 Å². The summed E-state index contributed by atoms with van der Waals surface area (Å²) in [5.74, 6) is 0.532. The van der Waals surface area contributed by atoms with Gasteiger partial charge in [0.25, 0.3) is 11.4 Å². The summed E-state index contributed by atoms with van der Waals surface area (Å²) in [5.41, 5.74) is 0.215. The van der Waals surface area contributed by atoms with Crippen molar-refractivity contribution in [1.29, 1.82) is 0 Å². The molecule has 9 heteroatoms. The third kappa shape index (κ3) is 6.17. The molecule has 0 saturated carbocycles. The van der Waals surface area contributed by atoms with Crippen LogP contribution in [0.3, 0.4) is 0 Å². The van der Waals surface area contributed by atoms with Gasteiger partial charge in [-0.05, 0) is 18.4 Å². The minimum atomic E-state index is -0.746. The van der Waals surface area contributed by atoms with E-state index in [0.29, 0.717) is 5.75 Å². The number of rotatable bonds is 7. The molecule has 0 N–H and O–H groups in total. The molecule has 0 aromatic heterocycles. The molecule has 0 radical (unpaired) electrons. The molecule has 7 nitrogen and oxygen atoms in total. The Balaban J connectivity index is 0.00000312. The molecule has 0 unspecified atom stereocenters. The average Bonchev–Trinajstić information content (AvgIpc) is 2.59. The zero-order valence-corrected chi connectivity index (χ0v) is 14.6. The Kier molecular flexibility index (Phi) is 8.03. The van der Waals surface area contributed by atoms with E-state index in [1.807, 2.05) is 30.3 Å². The van der Waals surface area contributed by atoms with Gasteiger partial charge in [-0.25, -0.2) is 0 Å². The maximum atomic E-state index is 12.1.